The van der Waals surface area contributed by atoms with Gasteiger partial charge in [0.05, 0.1) is 67.8 Å². The lowest BCUT2D eigenvalue weighted by molar-refractivity contribution is -0.145. The molecule has 0 saturated heterocycles. The number of benzene rings is 4. The third kappa shape index (κ3) is 16.9. The van der Waals surface area contributed by atoms with Crippen molar-refractivity contribution in [1.29, 1.82) is 0 Å². The van der Waals surface area contributed by atoms with E-state index < -0.39 is 11.9 Å². The van der Waals surface area contributed by atoms with Crippen LogP contribution in [0.25, 0.3) is 10.2 Å². The zero-order valence-corrected chi connectivity index (χ0v) is 41.7. The number of carbonyl (C=O) groups is 4. The second-order valence-electron chi connectivity index (χ2n) is 17.3. The number of para-hydroxylation sites is 1. The summed E-state index contributed by atoms with van der Waals surface area (Å²) in [7, 11) is 1.64. The SMILES string of the molecule is C=CC(=O)OCOc1ccc(OC(=O)C2CCC(COc3ccc(OCC4CCC(C(=O)Oc5ccc(OCOC(=O)C=C)cc5)CC4)c(/C=N/N(CCOCCOC)c4nc5ccccc5s4)c3)CC2)cc1. The van der Waals surface area contributed by atoms with Crippen LogP contribution in [0.15, 0.2) is 121 Å². The summed E-state index contributed by atoms with van der Waals surface area (Å²) in [4.78, 5) is 53.6. The topological polar surface area (TPSA) is 189 Å². The van der Waals surface area contributed by atoms with E-state index in [1.165, 1.54) is 0 Å². The van der Waals surface area contributed by atoms with Crippen molar-refractivity contribution in [2.24, 2.45) is 28.8 Å². The van der Waals surface area contributed by atoms with Gasteiger partial charge in [-0.3, -0.25) is 9.59 Å². The summed E-state index contributed by atoms with van der Waals surface area (Å²) in [5, 5.41) is 7.51. The number of fused-ring (bicyclic) bond motifs is 1. The number of aromatic nitrogens is 1. The molecule has 2 fully saturated rings. The molecule has 18 heteroatoms. The first-order chi connectivity index (χ1) is 35.7. The molecule has 0 aliphatic heterocycles. The monoisotopic (exact) mass is 1020 g/mol. The minimum absolute atomic E-state index is 0.217. The molecule has 2 saturated carbocycles. The van der Waals surface area contributed by atoms with Crippen LogP contribution in [0, 0.1) is 23.7 Å². The number of ether oxygens (including phenoxy) is 10. The summed E-state index contributed by atoms with van der Waals surface area (Å²) in [6.45, 7) is 8.88. The van der Waals surface area contributed by atoms with Gasteiger partial charge in [0.1, 0.15) is 34.5 Å². The molecule has 0 N–H and O–H groups in total. The molecule has 0 amide bonds. The van der Waals surface area contributed by atoms with Gasteiger partial charge in [-0.1, -0.05) is 36.6 Å². The molecule has 2 aliphatic rings. The molecule has 1 heterocycles. The van der Waals surface area contributed by atoms with E-state index in [4.69, 9.17) is 57.5 Å². The molecule has 0 atom stereocenters. The van der Waals surface area contributed by atoms with Gasteiger partial charge in [0.2, 0.25) is 18.7 Å². The second kappa shape index (κ2) is 28.1. The molecule has 0 unspecified atom stereocenters. The van der Waals surface area contributed by atoms with Gasteiger partial charge < -0.3 is 47.4 Å². The highest BCUT2D eigenvalue weighted by Gasteiger charge is 2.30. The summed E-state index contributed by atoms with van der Waals surface area (Å²) in [5.74, 6) is 1.28. The van der Waals surface area contributed by atoms with Gasteiger partial charge >= 0.3 is 23.9 Å². The Kier molecular flexibility index (Phi) is 20.6. The van der Waals surface area contributed by atoms with Gasteiger partial charge in [0.15, 0.2) is 0 Å². The van der Waals surface area contributed by atoms with Crippen LogP contribution in [0.5, 0.6) is 34.5 Å². The average molecular weight is 1020 g/mol. The van der Waals surface area contributed by atoms with Gasteiger partial charge in [-0.15, -0.1) is 0 Å². The number of hydrazone groups is 1. The Balaban J connectivity index is 0.948. The van der Waals surface area contributed by atoms with Gasteiger partial charge in [0.25, 0.3) is 0 Å². The van der Waals surface area contributed by atoms with Crippen molar-refractivity contribution in [2.45, 2.75) is 51.4 Å². The minimum atomic E-state index is -0.587. The molecule has 7 rings (SSSR count). The predicted octanol–water partition coefficient (Wildman–Crippen LogP) is 9.51. The van der Waals surface area contributed by atoms with Gasteiger partial charge in [-0.25, -0.2) is 19.6 Å². The first-order valence-electron chi connectivity index (χ1n) is 24.3. The first-order valence-corrected chi connectivity index (χ1v) is 25.1. The Hall–Kier alpha value is -7.28. The van der Waals surface area contributed by atoms with Crippen LogP contribution < -0.4 is 33.4 Å². The van der Waals surface area contributed by atoms with E-state index in [9.17, 15) is 19.2 Å². The van der Waals surface area contributed by atoms with Gasteiger partial charge in [-0.2, -0.15) is 5.10 Å². The lowest BCUT2D eigenvalue weighted by atomic mass is 9.82. The fraction of sp³-hybridized carbons (Fsp3) is 0.382. The van der Waals surface area contributed by atoms with E-state index in [-0.39, 0.29) is 49.2 Å². The van der Waals surface area contributed by atoms with E-state index in [0.717, 1.165) is 58.7 Å². The zero-order valence-electron chi connectivity index (χ0n) is 40.9. The van der Waals surface area contributed by atoms with Crippen molar-refractivity contribution >= 4 is 56.8 Å². The Morgan fingerprint density at radius 3 is 1.73 bits per heavy atom. The van der Waals surface area contributed by atoms with Crippen LogP contribution in [0.4, 0.5) is 5.13 Å². The number of rotatable bonds is 27. The molecule has 2 aliphatic carbocycles. The molecular weight excluding hydrogens is 959 g/mol. The number of anilines is 1. The normalized spacial score (nSPS) is 17.5. The summed E-state index contributed by atoms with van der Waals surface area (Å²) in [6.07, 6.45) is 9.74. The number of hydrogen-bond acceptors (Lipinski definition) is 18. The lowest BCUT2D eigenvalue weighted by Crippen LogP contribution is -2.28. The molecule has 17 nitrogen and oxygen atoms in total. The van der Waals surface area contributed by atoms with E-state index in [1.54, 1.807) is 73.2 Å². The maximum absolute atomic E-state index is 13.2. The number of hydrogen-bond donors (Lipinski definition) is 0. The maximum atomic E-state index is 13.2. The van der Waals surface area contributed by atoms with Crippen molar-refractivity contribution in [3.63, 3.8) is 0 Å². The summed E-state index contributed by atoms with van der Waals surface area (Å²) >= 11 is 1.54. The fourth-order valence-electron chi connectivity index (χ4n) is 8.14. The van der Waals surface area contributed by atoms with E-state index in [0.29, 0.717) is 99.8 Å². The Bertz CT molecular complexity index is 2590. The number of nitrogens with zero attached hydrogens (tertiary/aromatic N) is 3. The van der Waals surface area contributed by atoms with Crippen molar-refractivity contribution in [3.05, 3.63) is 122 Å². The number of esters is 4. The fourth-order valence-corrected chi connectivity index (χ4v) is 9.09. The molecule has 0 spiro atoms. The van der Waals surface area contributed by atoms with Gasteiger partial charge in [-0.05, 0) is 142 Å². The molecular formula is C55H61N3O14S. The Labute approximate surface area is 428 Å². The van der Waals surface area contributed by atoms with Crippen LogP contribution in [0.1, 0.15) is 56.9 Å². The molecule has 4 aromatic carbocycles. The predicted molar refractivity (Wildman–Crippen MR) is 273 cm³/mol. The van der Waals surface area contributed by atoms with E-state index in [2.05, 4.69) is 13.2 Å². The van der Waals surface area contributed by atoms with Crippen LogP contribution in [-0.2, 0) is 38.1 Å². The highest BCUT2D eigenvalue weighted by Crippen LogP contribution is 2.35. The van der Waals surface area contributed by atoms with Gasteiger partial charge in [0, 0.05) is 24.8 Å². The first kappa shape index (κ1) is 53.5. The Morgan fingerprint density at radius 2 is 1.18 bits per heavy atom. The lowest BCUT2D eigenvalue weighted by Gasteiger charge is -2.28. The molecule has 386 valence electrons. The highest BCUT2D eigenvalue weighted by molar-refractivity contribution is 7.22. The summed E-state index contributed by atoms with van der Waals surface area (Å²) in [5.41, 5.74) is 1.60. The van der Waals surface area contributed by atoms with Crippen molar-refractivity contribution < 1.29 is 66.5 Å². The number of thiazole rings is 1. The average Bonchev–Trinajstić information content (AvgIpc) is 3.86. The van der Waals surface area contributed by atoms with Crippen molar-refractivity contribution in [1.82, 2.24) is 4.98 Å². The molecule has 1 aromatic heterocycles. The van der Waals surface area contributed by atoms with Crippen LogP contribution in [-0.4, -0.2) is 95.4 Å². The molecule has 0 radical (unpaired) electrons. The van der Waals surface area contributed by atoms with Crippen LogP contribution in [0.2, 0.25) is 0 Å². The maximum Gasteiger partial charge on any atom is 0.333 e. The molecule has 0 bridgehead atoms. The third-order valence-corrected chi connectivity index (χ3v) is 13.3. The van der Waals surface area contributed by atoms with Crippen molar-refractivity contribution in [3.8, 4) is 34.5 Å². The standard InChI is InChI=1S/C55H61N3O14S/c1-4-51(59)69-36-67-43-18-22-45(23-19-43)71-53(61)40-14-10-38(11-15-40)34-65-47-26-27-49(42(32-47)33-56-58(28-29-64-31-30-63-3)55-57-48-8-6-7-9-50(48)73-55)66-35-39-12-16-41(17-13-39)54(62)72-46-24-20-44(21-25-46)68-37-70-52(60)5-2/h4-9,18-27,32-33,38-41H,1-2,10-17,28-31,34-37H2,3H3/b56-33+. The Morgan fingerprint density at radius 1 is 0.644 bits per heavy atom. The van der Waals surface area contributed by atoms with E-state index >= 15 is 0 Å². The smallest absolute Gasteiger partial charge is 0.333 e. The minimum Gasteiger partial charge on any atom is -0.493 e. The molecule has 5 aromatic rings. The highest BCUT2D eigenvalue weighted by atomic mass is 32.1. The summed E-state index contributed by atoms with van der Waals surface area (Å²) in [6, 6.07) is 26.8. The zero-order chi connectivity index (χ0) is 51.2. The van der Waals surface area contributed by atoms with E-state index in [1.807, 2.05) is 47.5 Å². The quantitative estimate of drug-likeness (QED) is 0.00919. The number of carbonyl (C=O) groups excluding carboxylic acids is 4. The largest absolute Gasteiger partial charge is 0.493 e. The number of methoxy groups -OCH3 is 1. The molecule has 73 heavy (non-hydrogen) atoms. The van der Waals surface area contributed by atoms with Crippen LogP contribution >= 0.6 is 11.3 Å². The third-order valence-electron chi connectivity index (χ3n) is 12.3. The van der Waals surface area contributed by atoms with Crippen LogP contribution in [0.3, 0.4) is 0 Å². The van der Waals surface area contributed by atoms with Crippen molar-refractivity contribution in [2.75, 3.05) is 65.3 Å². The summed E-state index contributed by atoms with van der Waals surface area (Å²) < 4.78 is 56.9. The second-order valence-corrected chi connectivity index (χ2v) is 18.3.